The Morgan fingerprint density at radius 1 is 1.16 bits per heavy atom. The van der Waals surface area contributed by atoms with Crippen LogP contribution in [0.2, 0.25) is 0 Å². The summed E-state index contributed by atoms with van der Waals surface area (Å²) in [6.45, 7) is 15.4. The van der Waals surface area contributed by atoms with Crippen LogP contribution < -0.4 is 0 Å². The molecule has 0 radical (unpaired) electrons. The van der Waals surface area contributed by atoms with Crippen molar-refractivity contribution in [3.63, 3.8) is 0 Å². The molecule has 31 heavy (non-hydrogen) atoms. The Labute approximate surface area is 187 Å². The Balaban J connectivity index is 1.53. The highest BCUT2D eigenvalue weighted by molar-refractivity contribution is 7.19. The molecule has 0 spiro atoms. The molecule has 3 aromatic rings. The van der Waals surface area contributed by atoms with Crippen LogP contribution in [0.5, 0.6) is 0 Å². The monoisotopic (exact) mass is 440 g/mol. The number of carbonyl (C=O) groups is 1. The van der Waals surface area contributed by atoms with Crippen molar-refractivity contribution in [2.45, 2.75) is 53.9 Å². The predicted molar refractivity (Wildman–Crippen MR) is 124 cm³/mol. The number of piperazine rings is 1. The molecular weight excluding hydrogens is 408 g/mol. The molecule has 1 aliphatic carbocycles. The van der Waals surface area contributed by atoms with Crippen LogP contribution in [0.15, 0.2) is 0 Å². The van der Waals surface area contributed by atoms with E-state index in [1.165, 1.54) is 16.9 Å². The molecule has 2 aliphatic rings. The predicted octanol–water partition coefficient (Wildman–Crippen LogP) is 3.58. The number of hydrogen-bond acceptors (Lipinski definition) is 6. The lowest BCUT2D eigenvalue weighted by Crippen LogP contribution is -2.48. The van der Waals surface area contributed by atoms with Gasteiger partial charge in [-0.2, -0.15) is 4.52 Å². The highest BCUT2D eigenvalue weighted by atomic mass is 32.1. The van der Waals surface area contributed by atoms with E-state index in [9.17, 15) is 4.79 Å². The van der Waals surface area contributed by atoms with Crippen LogP contribution in [0.4, 0.5) is 0 Å². The fraction of sp³-hybridized carbons (Fsp3) is 0.652. The van der Waals surface area contributed by atoms with Gasteiger partial charge in [-0.3, -0.25) is 4.79 Å². The van der Waals surface area contributed by atoms with Gasteiger partial charge in [0.15, 0.2) is 5.65 Å². The lowest BCUT2D eigenvalue weighted by Gasteiger charge is -2.33. The first-order chi connectivity index (χ1) is 14.8. The van der Waals surface area contributed by atoms with Crippen molar-refractivity contribution in [2.75, 3.05) is 32.7 Å². The molecule has 5 rings (SSSR count). The Bertz CT molecular complexity index is 1150. The quantitative estimate of drug-likeness (QED) is 0.609. The molecule has 0 saturated carbocycles. The van der Waals surface area contributed by atoms with Gasteiger partial charge >= 0.3 is 0 Å². The Hall–Kier alpha value is -2.06. The normalized spacial score (nSPS) is 20.5. The largest absolute Gasteiger partial charge is 0.333 e. The molecule has 166 valence electrons. The second-order valence-electron chi connectivity index (χ2n) is 10.0. The maximum Gasteiger partial charge on any atom is 0.293 e. The average Bonchev–Trinajstić information content (AvgIpc) is 3.33. The SMILES string of the molecule is CCN1CCN(C(=O)c2nc3c4c5c(sc4nc(C)n3n2)CC(C(C)(C)C)CC5)CC1. The number of fused-ring (bicyclic) bond motifs is 5. The summed E-state index contributed by atoms with van der Waals surface area (Å²) in [7, 11) is 0. The van der Waals surface area contributed by atoms with Crippen molar-refractivity contribution in [2.24, 2.45) is 11.3 Å². The minimum atomic E-state index is -0.0658. The molecule has 0 N–H and O–H groups in total. The third-order valence-corrected chi connectivity index (χ3v) is 8.32. The molecule has 1 saturated heterocycles. The number of thiophene rings is 1. The zero-order chi connectivity index (χ0) is 21.9. The molecule has 1 unspecified atom stereocenters. The number of likely N-dealkylation sites (N-methyl/N-ethyl adjacent to an activating group) is 1. The van der Waals surface area contributed by atoms with Gasteiger partial charge in [0.25, 0.3) is 5.91 Å². The van der Waals surface area contributed by atoms with Gasteiger partial charge in [0, 0.05) is 31.1 Å². The standard InChI is InChI=1S/C23H32N6OS/c1-6-27-9-11-28(12-10-27)22(30)19-25-20-18-16-8-7-15(23(3,4)5)13-17(16)31-21(18)24-14(2)29(20)26-19/h15H,6-13H2,1-5H3. The van der Waals surface area contributed by atoms with E-state index >= 15 is 0 Å². The highest BCUT2D eigenvalue weighted by Crippen LogP contribution is 2.43. The maximum atomic E-state index is 13.1. The first-order valence-corrected chi connectivity index (χ1v) is 12.3. The van der Waals surface area contributed by atoms with E-state index in [0.717, 1.165) is 67.3 Å². The fourth-order valence-electron chi connectivity index (χ4n) is 5.01. The number of rotatable bonds is 2. The third kappa shape index (κ3) is 3.53. The number of nitrogens with zero attached hydrogens (tertiary/aromatic N) is 6. The number of hydrogen-bond donors (Lipinski definition) is 0. The smallest absolute Gasteiger partial charge is 0.293 e. The first-order valence-electron chi connectivity index (χ1n) is 11.5. The van der Waals surface area contributed by atoms with Crippen LogP contribution in [0.25, 0.3) is 15.9 Å². The van der Waals surface area contributed by atoms with Crippen molar-refractivity contribution < 1.29 is 4.79 Å². The molecule has 7 nitrogen and oxygen atoms in total. The summed E-state index contributed by atoms with van der Waals surface area (Å²) in [6, 6.07) is 0. The molecule has 3 aromatic heterocycles. The summed E-state index contributed by atoms with van der Waals surface area (Å²) >= 11 is 1.80. The van der Waals surface area contributed by atoms with Gasteiger partial charge in [-0.05, 0) is 49.6 Å². The number of aromatic nitrogens is 4. The minimum Gasteiger partial charge on any atom is -0.333 e. The highest BCUT2D eigenvalue weighted by Gasteiger charge is 2.32. The summed E-state index contributed by atoms with van der Waals surface area (Å²) in [5.41, 5.74) is 2.48. The Morgan fingerprint density at radius 2 is 1.90 bits per heavy atom. The maximum absolute atomic E-state index is 13.1. The van der Waals surface area contributed by atoms with Crippen LogP contribution in [0, 0.1) is 18.3 Å². The van der Waals surface area contributed by atoms with Gasteiger partial charge in [-0.25, -0.2) is 9.97 Å². The van der Waals surface area contributed by atoms with Crippen LogP contribution in [-0.4, -0.2) is 68.0 Å². The van der Waals surface area contributed by atoms with Crippen molar-refractivity contribution in [3.8, 4) is 0 Å². The summed E-state index contributed by atoms with van der Waals surface area (Å²) in [5, 5.41) is 5.71. The number of amides is 1. The van der Waals surface area contributed by atoms with E-state index in [0.29, 0.717) is 17.2 Å². The Kier molecular flexibility index (Phi) is 5.05. The molecule has 1 atom stereocenters. The molecule has 8 heteroatoms. The Morgan fingerprint density at radius 3 is 2.58 bits per heavy atom. The van der Waals surface area contributed by atoms with E-state index in [2.05, 4.69) is 37.7 Å². The number of aryl methyl sites for hydroxylation is 2. The van der Waals surface area contributed by atoms with Gasteiger partial charge in [-0.1, -0.05) is 27.7 Å². The van der Waals surface area contributed by atoms with Crippen molar-refractivity contribution >= 4 is 33.1 Å². The molecule has 1 amide bonds. The lowest BCUT2D eigenvalue weighted by atomic mass is 9.72. The molecular formula is C23H32N6OS. The fourth-order valence-corrected chi connectivity index (χ4v) is 6.35. The van der Waals surface area contributed by atoms with E-state index in [4.69, 9.17) is 9.97 Å². The van der Waals surface area contributed by atoms with E-state index in [-0.39, 0.29) is 5.91 Å². The zero-order valence-corrected chi connectivity index (χ0v) is 20.1. The van der Waals surface area contributed by atoms with Crippen LogP contribution in [0.1, 0.15) is 61.0 Å². The molecule has 0 bridgehead atoms. The lowest BCUT2D eigenvalue weighted by molar-refractivity contribution is 0.0631. The first kappa shape index (κ1) is 20.8. The van der Waals surface area contributed by atoms with Gasteiger partial charge in [0.2, 0.25) is 5.82 Å². The second-order valence-corrected chi connectivity index (χ2v) is 11.1. The van der Waals surface area contributed by atoms with Crippen molar-refractivity contribution in [1.29, 1.82) is 0 Å². The van der Waals surface area contributed by atoms with Crippen LogP contribution >= 0.6 is 11.3 Å². The summed E-state index contributed by atoms with van der Waals surface area (Å²) in [4.78, 5) is 29.5. The summed E-state index contributed by atoms with van der Waals surface area (Å²) < 4.78 is 1.78. The van der Waals surface area contributed by atoms with E-state index in [1.54, 1.807) is 15.9 Å². The molecule has 1 aliphatic heterocycles. The minimum absolute atomic E-state index is 0.0658. The van der Waals surface area contributed by atoms with Crippen molar-refractivity contribution in [3.05, 3.63) is 22.1 Å². The average molecular weight is 441 g/mol. The van der Waals surface area contributed by atoms with Gasteiger partial charge in [-0.15, -0.1) is 16.4 Å². The van der Waals surface area contributed by atoms with E-state index < -0.39 is 0 Å². The van der Waals surface area contributed by atoms with Gasteiger partial charge in [0.1, 0.15) is 10.7 Å². The zero-order valence-electron chi connectivity index (χ0n) is 19.2. The third-order valence-electron chi connectivity index (χ3n) is 7.17. The second kappa shape index (κ2) is 7.52. The van der Waals surface area contributed by atoms with Crippen LogP contribution in [-0.2, 0) is 12.8 Å². The summed E-state index contributed by atoms with van der Waals surface area (Å²) in [6.07, 6.45) is 3.34. The molecule has 1 fully saturated rings. The molecule has 4 heterocycles. The van der Waals surface area contributed by atoms with Crippen LogP contribution in [0.3, 0.4) is 0 Å². The van der Waals surface area contributed by atoms with Crippen molar-refractivity contribution in [1.82, 2.24) is 29.4 Å². The summed E-state index contributed by atoms with van der Waals surface area (Å²) in [5.74, 6) is 1.70. The van der Waals surface area contributed by atoms with Gasteiger partial charge < -0.3 is 9.80 Å². The van der Waals surface area contributed by atoms with E-state index in [1.807, 2.05) is 11.8 Å². The van der Waals surface area contributed by atoms with Gasteiger partial charge in [0.05, 0.1) is 5.39 Å². The molecule has 0 aromatic carbocycles. The number of carbonyl (C=O) groups excluding carboxylic acids is 1. The topological polar surface area (TPSA) is 66.6 Å².